The second-order valence-corrected chi connectivity index (χ2v) is 4.08. The first-order chi connectivity index (χ1) is 8.58. The summed E-state index contributed by atoms with van der Waals surface area (Å²) in [5, 5.41) is 10.0. The van der Waals surface area contributed by atoms with Gasteiger partial charge in [-0.15, -0.1) is 0 Å². The van der Waals surface area contributed by atoms with Crippen molar-refractivity contribution in [2.75, 3.05) is 5.73 Å². The van der Waals surface area contributed by atoms with Crippen LogP contribution in [0.15, 0.2) is 42.5 Å². The average Bonchev–Trinajstić information content (AvgIpc) is 2.34. The van der Waals surface area contributed by atoms with E-state index in [4.69, 9.17) is 5.73 Å². The fourth-order valence-corrected chi connectivity index (χ4v) is 1.83. The molecule has 2 rings (SSSR count). The molecule has 1 unspecified atom stereocenters. The first-order valence-electron chi connectivity index (χ1n) is 5.54. The van der Waals surface area contributed by atoms with Crippen LogP contribution in [0.5, 0.6) is 0 Å². The van der Waals surface area contributed by atoms with Crippen molar-refractivity contribution in [1.29, 1.82) is 0 Å². The molecule has 94 valence electrons. The molecule has 2 aromatic carbocycles. The van der Waals surface area contributed by atoms with Gasteiger partial charge in [0.05, 0.1) is 6.10 Å². The fourth-order valence-electron chi connectivity index (χ4n) is 1.83. The van der Waals surface area contributed by atoms with Crippen LogP contribution in [-0.4, -0.2) is 5.11 Å². The summed E-state index contributed by atoms with van der Waals surface area (Å²) in [4.78, 5) is 0. The molecular weight excluding hydrogens is 236 g/mol. The molecule has 4 heteroatoms. The van der Waals surface area contributed by atoms with Gasteiger partial charge < -0.3 is 10.8 Å². The van der Waals surface area contributed by atoms with Gasteiger partial charge in [-0.1, -0.05) is 18.2 Å². The van der Waals surface area contributed by atoms with E-state index in [1.165, 1.54) is 0 Å². The highest BCUT2D eigenvalue weighted by molar-refractivity contribution is 5.48. The number of hydrogen-bond acceptors (Lipinski definition) is 2. The number of halogens is 2. The predicted molar refractivity (Wildman–Crippen MR) is 65.9 cm³/mol. The van der Waals surface area contributed by atoms with Crippen molar-refractivity contribution < 1.29 is 13.9 Å². The largest absolute Gasteiger partial charge is 0.398 e. The molecule has 0 amide bonds. The molecule has 0 heterocycles. The van der Waals surface area contributed by atoms with E-state index >= 15 is 0 Å². The summed E-state index contributed by atoms with van der Waals surface area (Å²) < 4.78 is 26.4. The summed E-state index contributed by atoms with van der Waals surface area (Å²) in [7, 11) is 0. The molecule has 0 spiro atoms. The summed E-state index contributed by atoms with van der Waals surface area (Å²) in [6.45, 7) is 0. The van der Waals surface area contributed by atoms with Crippen molar-refractivity contribution in [2.24, 2.45) is 0 Å². The molecule has 0 fully saturated rings. The summed E-state index contributed by atoms with van der Waals surface area (Å²) in [6, 6.07) is 9.97. The van der Waals surface area contributed by atoms with Crippen LogP contribution in [0.4, 0.5) is 14.5 Å². The number of benzene rings is 2. The van der Waals surface area contributed by atoms with Crippen LogP contribution in [0.25, 0.3) is 0 Å². The van der Waals surface area contributed by atoms with E-state index in [0.717, 1.165) is 18.2 Å². The van der Waals surface area contributed by atoms with Gasteiger partial charge >= 0.3 is 0 Å². The highest BCUT2D eigenvalue weighted by atomic mass is 19.1. The topological polar surface area (TPSA) is 46.2 Å². The Hall–Kier alpha value is -1.94. The smallest absolute Gasteiger partial charge is 0.126 e. The van der Waals surface area contributed by atoms with E-state index in [1.54, 1.807) is 24.3 Å². The Kier molecular flexibility index (Phi) is 3.58. The van der Waals surface area contributed by atoms with Crippen molar-refractivity contribution >= 4 is 5.69 Å². The molecule has 3 N–H and O–H groups in total. The lowest BCUT2D eigenvalue weighted by atomic mass is 10.00. The first-order valence-corrected chi connectivity index (χ1v) is 5.54. The Labute approximate surface area is 104 Å². The maximum Gasteiger partial charge on any atom is 0.126 e. The van der Waals surface area contributed by atoms with Gasteiger partial charge in [-0.05, 0) is 29.8 Å². The standard InChI is InChI=1S/C14H13F2NO/c15-10-5-6-12(16)9(7-10)8-14(18)11-3-1-2-4-13(11)17/h1-7,14,18H,8,17H2. The SMILES string of the molecule is Nc1ccccc1C(O)Cc1cc(F)ccc1F. The number of para-hydroxylation sites is 1. The third-order valence-electron chi connectivity index (χ3n) is 2.78. The minimum Gasteiger partial charge on any atom is -0.398 e. The Morgan fingerprint density at radius 3 is 2.56 bits per heavy atom. The Bertz CT molecular complexity index is 557. The number of aliphatic hydroxyl groups excluding tert-OH is 1. The highest BCUT2D eigenvalue weighted by Crippen LogP contribution is 2.24. The van der Waals surface area contributed by atoms with Crippen LogP contribution in [0.1, 0.15) is 17.2 Å². The van der Waals surface area contributed by atoms with Gasteiger partial charge in [-0.2, -0.15) is 0 Å². The van der Waals surface area contributed by atoms with Crippen LogP contribution in [0.3, 0.4) is 0 Å². The zero-order chi connectivity index (χ0) is 13.1. The van der Waals surface area contributed by atoms with Gasteiger partial charge in [0.2, 0.25) is 0 Å². The molecule has 1 atom stereocenters. The second-order valence-electron chi connectivity index (χ2n) is 4.08. The number of nitrogens with two attached hydrogens (primary N) is 1. The van der Waals surface area contributed by atoms with E-state index in [1.807, 2.05) is 0 Å². The van der Waals surface area contributed by atoms with Gasteiger partial charge in [0.25, 0.3) is 0 Å². The summed E-state index contributed by atoms with van der Waals surface area (Å²) in [6.07, 6.45) is -0.972. The Morgan fingerprint density at radius 2 is 1.83 bits per heavy atom. The average molecular weight is 249 g/mol. The molecule has 18 heavy (non-hydrogen) atoms. The molecule has 0 aliphatic heterocycles. The molecule has 0 saturated carbocycles. The van der Waals surface area contributed by atoms with Gasteiger partial charge in [0, 0.05) is 17.7 Å². The van der Waals surface area contributed by atoms with E-state index in [9.17, 15) is 13.9 Å². The van der Waals surface area contributed by atoms with Gasteiger partial charge in [-0.3, -0.25) is 0 Å². The van der Waals surface area contributed by atoms with Gasteiger partial charge in [0.15, 0.2) is 0 Å². The minimum absolute atomic E-state index is 0.0161. The zero-order valence-corrected chi connectivity index (χ0v) is 9.61. The maximum absolute atomic E-state index is 13.4. The van der Waals surface area contributed by atoms with Crippen LogP contribution < -0.4 is 5.73 Å². The molecule has 2 aromatic rings. The van der Waals surface area contributed by atoms with Crippen LogP contribution >= 0.6 is 0 Å². The van der Waals surface area contributed by atoms with Crippen molar-refractivity contribution in [3.8, 4) is 0 Å². The molecule has 0 aromatic heterocycles. The first kappa shape index (κ1) is 12.5. The normalized spacial score (nSPS) is 12.4. The van der Waals surface area contributed by atoms with Gasteiger partial charge in [0.1, 0.15) is 11.6 Å². The lowest BCUT2D eigenvalue weighted by Crippen LogP contribution is -2.06. The molecular formula is C14H13F2NO. The predicted octanol–water partition coefficient (Wildman–Crippen LogP) is 2.82. The molecule has 0 aliphatic carbocycles. The zero-order valence-electron chi connectivity index (χ0n) is 9.61. The number of aliphatic hydroxyl groups is 1. The van der Waals surface area contributed by atoms with E-state index in [-0.39, 0.29) is 12.0 Å². The van der Waals surface area contributed by atoms with E-state index in [2.05, 4.69) is 0 Å². The highest BCUT2D eigenvalue weighted by Gasteiger charge is 2.14. The number of nitrogen functional groups attached to an aromatic ring is 1. The Balaban J connectivity index is 2.24. The van der Waals surface area contributed by atoms with Crippen molar-refractivity contribution in [3.05, 3.63) is 65.2 Å². The summed E-state index contributed by atoms with van der Waals surface area (Å²) >= 11 is 0. The molecule has 0 radical (unpaired) electrons. The van der Waals surface area contributed by atoms with Crippen molar-refractivity contribution in [1.82, 2.24) is 0 Å². The molecule has 0 saturated heterocycles. The Morgan fingerprint density at radius 1 is 1.11 bits per heavy atom. The van der Waals surface area contributed by atoms with Crippen molar-refractivity contribution in [3.63, 3.8) is 0 Å². The molecule has 0 bridgehead atoms. The van der Waals surface area contributed by atoms with Crippen LogP contribution in [0.2, 0.25) is 0 Å². The molecule has 0 aliphatic rings. The van der Waals surface area contributed by atoms with Crippen LogP contribution in [0, 0.1) is 11.6 Å². The summed E-state index contributed by atoms with van der Waals surface area (Å²) in [5.41, 5.74) is 6.79. The van der Waals surface area contributed by atoms with Gasteiger partial charge in [-0.25, -0.2) is 8.78 Å². The summed E-state index contributed by atoms with van der Waals surface area (Å²) in [5.74, 6) is -1.07. The second kappa shape index (κ2) is 5.14. The third-order valence-corrected chi connectivity index (χ3v) is 2.78. The molecule has 2 nitrogen and oxygen atoms in total. The lowest BCUT2D eigenvalue weighted by Gasteiger charge is -2.13. The maximum atomic E-state index is 13.4. The lowest BCUT2D eigenvalue weighted by molar-refractivity contribution is 0.178. The quantitative estimate of drug-likeness (QED) is 0.822. The number of rotatable bonds is 3. The van der Waals surface area contributed by atoms with E-state index in [0.29, 0.717) is 11.3 Å². The minimum atomic E-state index is -0.956. The number of anilines is 1. The van der Waals surface area contributed by atoms with Crippen molar-refractivity contribution in [2.45, 2.75) is 12.5 Å². The van der Waals surface area contributed by atoms with E-state index < -0.39 is 17.7 Å². The third kappa shape index (κ3) is 2.65. The van der Waals surface area contributed by atoms with Crippen LogP contribution in [-0.2, 0) is 6.42 Å². The number of hydrogen-bond donors (Lipinski definition) is 2. The fraction of sp³-hybridized carbons (Fsp3) is 0.143. The monoisotopic (exact) mass is 249 g/mol.